The molecule has 5 nitrogen and oxygen atoms in total. The zero-order valence-corrected chi connectivity index (χ0v) is 16.1. The molecule has 1 amide bonds. The highest BCUT2D eigenvalue weighted by Crippen LogP contribution is 2.16. The Morgan fingerprint density at radius 1 is 1.40 bits per heavy atom. The Labute approximate surface area is 151 Å². The number of hydrogen-bond donors (Lipinski definition) is 1. The number of rotatable bonds is 10. The van der Waals surface area contributed by atoms with Crippen molar-refractivity contribution in [3.8, 4) is 0 Å². The number of aromatic nitrogens is 1. The number of hydrogen-bond acceptors (Lipinski definition) is 4. The van der Waals surface area contributed by atoms with Crippen LogP contribution < -0.4 is 5.32 Å². The number of likely N-dealkylation sites (N-methyl/N-ethyl adjacent to an activating group) is 1. The normalized spacial score (nSPS) is 12.4. The zero-order chi connectivity index (χ0) is 18.8. The maximum absolute atomic E-state index is 11.0. The average Bonchev–Trinajstić information content (AvgIpc) is 2.57. The summed E-state index contributed by atoms with van der Waals surface area (Å²) in [6.45, 7) is 13.1. The van der Waals surface area contributed by atoms with Gasteiger partial charge in [0.05, 0.1) is 0 Å². The van der Waals surface area contributed by atoms with Gasteiger partial charge in [0, 0.05) is 49.4 Å². The summed E-state index contributed by atoms with van der Waals surface area (Å²) in [6.07, 6.45) is 7.24. The minimum absolute atomic E-state index is 0.543. The second-order valence-electron chi connectivity index (χ2n) is 6.35. The van der Waals surface area contributed by atoms with Gasteiger partial charge in [0.25, 0.3) is 0 Å². The van der Waals surface area contributed by atoms with Crippen molar-refractivity contribution in [2.24, 2.45) is 4.99 Å². The van der Waals surface area contributed by atoms with Gasteiger partial charge in [0.15, 0.2) is 0 Å². The molecule has 0 aliphatic heterocycles. The van der Waals surface area contributed by atoms with E-state index in [0.29, 0.717) is 18.7 Å². The van der Waals surface area contributed by atoms with E-state index in [4.69, 9.17) is 0 Å². The highest BCUT2D eigenvalue weighted by molar-refractivity contribution is 5.85. The van der Waals surface area contributed by atoms with E-state index in [1.165, 1.54) is 0 Å². The fourth-order valence-corrected chi connectivity index (χ4v) is 2.47. The number of aryl methyl sites for hydroxylation is 1. The molecule has 136 valence electrons. The molecule has 1 N–H and O–H groups in total. The van der Waals surface area contributed by atoms with Crippen LogP contribution in [0.25, 0.3) is 0 Å². The van der Waals surface area contributed by atoms with Crippen LogP contribution >= 0.6 is 0 Å². The summed E-state index contributed by atoms with van der Waals surface area (Å²) in [5, 5.41) is 2.71. The highest BCUT2D eigenvalue weighted by Gasteiger charge is 2.10. The van der Waals surface area contributed by atoms with E-state index in [-0.39, 0.29) is 0 Å². The third kappa shape index (κ3) is 6.91. The van der Waals surface area contributed by atoms with E-state index in [0.717, 1.165) is 47.5 Å². The van der Waals surface area contributed by atoms with Crippen molar-refractivity contribution in [1.82, 2.24) is 15.2 Å². The second-order valence-corrected chi connectivity index (χ2v) is 6.35. The fraction of sp³-hybridized carbons (Fsp3) is 0.450. The van der Waals surface area contributed by atoms with E-state index < -0.39 is 0 Å². The largest absolute Gasteiger partial charge is 0.375 e. The molecule has 0 saturated heterocycles. The lowest BCUT2D eigenvalue weighted by Gasteiger charge is -2.23. The van der Waals surface area contributed by atoms with Gasteiger partial charge in [-0.25, -0.2) is 4.99 Å². The van der Waals surface area contributed by atoms with Gasteiger partial charge in [-0.3, -0.25) is 9.78 Å². The van der Waals surface area contributed by atoms with E-state index in [2.05, 4.69) is 39.8 Å². The first kappa shape index (κ1) is 20.6. The fourth-order valence-electron chi connectivity index (χ4n) is 2.47. The van der Waals surface area contributed by atoms with Crippen LogP contribution in [-0.2, 0) is 11.2 Å². The van der Waals surface area contributed by atoms with Crippen molar-refractivity contribution < 1.29 is 4.79 Å². The Morgan fingerprint density at radius 2 is 2.12 bits per heavy atom. The Morgan fingerprint density at radius 3 is 2.72 bits per heavy atom. The maximum Gasteiger partial charge on any atom is 0.212 e. The third-order valence-corrected chi connectivity index (χ3v) is 3.99. The van der Waals surface area contributed by atoms with Crippen LogP contribution in [0.4, 0.5) is 0 Å². The Balaban J connectivity index is 2.99. The number of unbranched alkanes of at least 4 members (excludes halogenated alkanes) is 1. The van der Waals surface area contributed by atoms with Crippen LogP contribution in [0.2, 0.25) is 0 Å². The molecule has 0 fully saturated rings. The van der Waals surface area contributed by atoms with Crippen LogP contribution in [0.1, 0.15) is 44.7 Å². The molecule has 1 heterocycles. The molecule has 0 radical (unpaired) electrons. The number of carbonyl (C=O) groups is 1. The molecule has 1 aromatic rings. The van der Waals surface area contributed by atoms with Gasteiger partial charge in [-0.05, 0) is 38.3 Å². The molecule has 1 rings (SSSR count). The molecule has 0 unspecified atom stereocenters. The van der Waals surface area contributed by atoms with Crippen LogP contribution in [0.3, 0.4) is 0 Å². The van der Waals surface area contributed by atoms with Gasteiger partial charge in [-0.1, -0.05) is 26.0 Å². The SMILES string of the molecule is C=C(/C(C)=C(/N=C(\C)Cc1cncc(C)c1)NC=O)N(C)CCCC. The van der Waals surface area contributed by atoms with Crippen molar-refractivity contribution in [1.29, 1.82) is 0 Å². The summed E-state index contributed by atoms with van der Waals surface area (Å²) >= 11 is 0. The first-order chi connectivity index (χ1) is 11.9. The van der Waals surface area contributed by atoms with E-state index >= 15 is 0 Å². The molecular weight excluding hydrogens is 312 g/mol. The van der Waals surface area contributed by atoms with Gasteiger partial charge in [0.2, 0.25) is 6.41 Å². The molecule has 0 saturated carbocycles. The second kappa shape index (κ2) is 10.4. The number of nitrogens with zero attached hydrogens (tertiary/aromatic N) is 3. The first-order valence-electron chi connectivity index (χ1n) is 8.65. The summed E-state index contributed by atoms with van der Waals surface area (Å²) in [5.41, 5.74) is 4.86. The minimum atomic E-state index is 0.543. The van der Waals surface area contributed by atoms with Crippen molar-refractivity contribution in [2.45, 2.75) is 47.0 Å². The molecule has 0 spiro atoms. The lowest BCUT2D eigenvalue weighted by atomic mass is 10.1. The number of allylic oxidation sites excluding steroid dienone is 1. The lowest BCUT2D eigenvalue weighted by Crippen LogP contribution is -2.22. The van der Waals surface area contributed by atoms with E-state index in [1.807, 2.05) is 40.2 Å². The van der Waals surface area contributed by atoms with Gasteiger partial charge in [-0.15, -0.1) is 0 Å². The summed E-state index contributed by atoms with van der Waals surface area (Å²) in [7, 11) is 2.01. The number of nitrogens with one attached hydrogen (secondary N) is 1. The summed E-state index contributed by atoms with van der Waals surface area (Å²) in [6, 6.07) is 2.09. The average molecular weight is 342 g/mol. The van der Waals surface area contributed by atoms with Crippen molar-refractivity contribution in [2.75, 3.05) is 13.6 Å². The van der Waals surface area contributed by atoms with Crippen LogP contribution in [0, 0.1) is 6.92 Å². The first-order valence-corrected chi connectivity index (χ1v) is 8.65. The molecule has 0 aliphatic rings. The van der Waals surface area contributed by atoms with Crippen molar-refractivity contribution in [3.63, 3.8) is 0 Å². The summed E-state index contributed by atoms with van der Waals surface area (Å²) in [5.74, 6) is 0.543. The monoisotopic (exact) mass is 342 g/mol. The maximum atomic E-state index is 11.0. The molecule has 0 aliphatic carbocycles. The van der Waals surface area contributed by atoms with Crippen molar-refractivity contribution >= 4 is 12.1 Å². The Kier molecular flexibility index (Phi) is 8.61. The van der Waals surface area contributed by atoms with Crippen molar-refractivity contribution in [3.05, 3.63) is 53.3 Å². The molecule has 0 bridgehead atoms. The third-order valence-electron chi connectivity index (χ3n) is 3.99. The Hall–Kier alpha value is -2.43. The number of amides is 1. The van der Waals surface area contributed by atoms with Crippen LogP contribution in [0.15, 0.2) is 47.1 Å². The van der Waals surface area contributed by atoms with E-state index in [1.54, 1.807) is 0 Å². The number of aliphatic imine (C=N–C) groups is 1. The molecule has 5 heteroatoms. The van der Waals surface area contributed by atoms with Crippen LogP contribution in [0.5, 0.6) is 0 Å². The summed E-state index contributed by atoms with van der Waals surface area (Å²) in [4.78, 5) is 21.9. The summed E-state index contributed by atoms with van der Waals surface area (Å²) < 4.78 is 0. The zero-order valence-electron chi connectivity index (χ0n) is 16.1. The van der Waals surface area contributed by atoms with Gasteiger partial charge in [0.1, 0.15) is 5.82 Å². The van der Waals surface area contributed by atoms with Crippen LogP contribution in [-0.4, -0.2) is 35.6 Å². The molecule has 1 aromatic heterocycles. The molecule has 0 atom stereocenters. The Bertz CT molecular complexity index is 661. The van der Waals surface area contributed by atoms with Gasteiger partial charge >= 0.3 is 0 Å². The highest BCUT2D eigenvalue weighted by atomic mass is 16.1. The molecule has 0 aromatic carbocycles. The van der Waals surface area contributed by atoms with Gasteiger partial charge < -0.3 is 10.2 Å². The predicted molar refractivity (Wildman–Crippen MR) is 104 cm³/mol. The number of carbonyl (C=O) groups excluding carboxylic acids is 1. The lowest BCUT2D eigenvalue weighted by molar-refractivity contribution is -0.108. The van der Waals surface area contributed by atoms with E-state index in [9.17, 15) is 4.79 Å². The molecule has 25 heavy (non-hydrogen) atoms. The predicted octanol–water partition coefficient (Wildman–Crippen LogP) is 3.62. The number of pyridine rings is 1. The standard InChI is InChI=1S/C20H30N4O/c1-7-8-9-24(6)18(5)17(4)20(22-14-25)23-16(3)11-19-10-15(2)12-21-13-19/h10,12-14H,5,7-9,11H2,1-4,6H3,(H,22,25)/b20-17+,23-16+. The quantitative estimate of drug-likeness (QED) is 0.401. The van der Waals surface area contributed by atoms with Gasteiger partial charge in [-0.2, -0.15) is 0 Å². The smallest absolute Gasteiger partial charge is 0.212 e. The molecular formula is C20H30N4O. The topological polar surface area (TPSA) is 57.6 Å². The minimum Gasteiger partial charge on any atom is -0.375 e.